The van der Waals surface area contributed by atoms with Gasteiger partial charge in [0.2, 0.25) is 5.88 Å². The van der Waals surface area contributed by atoms with Gasteiger partial charge in [-0.3, -0.25) is 9.78 Å². The first-order valence-corrected chi connectivity index (χ1v) is 9.76. The first kappa shape index (κ1) is 19.0. The summed E-state index contributed by atoms with van der Waals surface area (Å²) in [4.78, 5) is 17.9. The van der Waals surface area contributed by atoms with Crippen LogP contribution in [0.25, 0.3) is 0 Å². The second kappa shape index (κ2) is 7.57. The zero-order valence-corrected chi connectivity index (χ0v) is 17.2. The molecule has 0 radical (unpaired) electrons. The maximum Gasteiger partial charge on any atom is 0.259 e. The molecule has 4 rings (SSSR count). The Morgan fingerprint density at radius 3 is 2.79 bits per heavy atom. The van der Waals surface area contributed by atoms with Gasteiger partial charge in [0.25, 0.3) is 5.56 Å². The average molecular weight is 449 g/mol. The lowest BCUT2D eigenvalue weighted by atomic mass is 9.84. The highest BCUT2D eigenvalue weighted by atomic mass is 79.9. The zero-order chi connectivity index (χ0) is 20.5. The highest BCUT2D eigenvalue weighted by Crippen LogP contribution is 2.41. The molecule has 2 N–H and O–H groups in total. The van der Waals surface area contributed by atoms with Gasteiger partial charge < -0.3 is 15.0 Å². The van der Waals surface area contributed by atoms with Gasteiger partial charge in [-0.05, 0) is 36.8 Å². The van der Waals surface area contributed by atoms with Gasteiger partial charge in [-0.25, -0.2) is 0 Å². The summed E-state index contributed by atoms with van der Waals surface area (Å²) in [7, 11) is 0. The van der Waals surface area contributed by atoms with Crippen LogP contribution in [0.2, 0.25) is 0 Å². The number of pyridine rings is 2. The van der Waals surface area contributed by atoms with Gasteiger partial charge in [-0.2, -0.15) is 5.26 Å². The molecule has 1 aliphatic rings. The second-order valence-electron chi connectivity index (χ2n) is 6.76. The minimum absolute atomic E-state index is 0.0197. The van der Waals surface area contributed by atoms with Crippen LogP contribution in [0.4, 0.5) is 0 Å². The van der Waals surface area contributed by atoms with Gasteiger partial charge in [-0.15, -0.1) is 0 Å². The highest BCUT2D eigenvalue weighted by molar-refractivity contribution is 9.10. The minimum Gasteiger partial charge on any atom is -0.440 e. The minimum atomic E-state index is -0.607. The predicted molar refractivity (Wildman–Crippen MR) is 112 cm³/mol. The van der Waals surface area contributed by atoms with Crippen molar-refractivity contribution in [3.8, 4) is 11.8 Å². The molecule has 29 heavy (non-hydrogen) atoms. The number of aromatic nitrogens is 2. The fourth-order valence-corrected chi connectivity index (χ4v) is 3.97. The SMILES string of the molecule is Cc1cc2c(c(=O)n1Cc1ccccn1)C(c1cccc(Br)c1)C(C#N)=C(N)O2. The van der Waals surface area contributed by atoms with Crippen LogP contribution in [0.1, 0.15) is 28.4 Å². The number of nitrogens with zero attached hydrogens (tertiary/aromatic N) is 3. The number of aryl methyl sites for hydroxylation is 1. The van der Waals surface area contributed by atoms with E-state index in [9.17, 15) is 10.1 Å². The molecular weight excluding hydrogens is 432 g/mol. The molecule has 0 saturated heterocycles. The van der Waals surface area contributed by atoms with Gasteiger partial charge in [0.1, 0.15) is 17.4 Å². The lowest BCUT2D eigenvalue weighted by Crippen LogP contribution is -2.33. The number of halogens is 1. The molecule has 1 aliphatic heterocycles. The van der Waals surface area contributed by atoms with E-state index < -0.39 is 5.92 Å². The third kappa shape index (κ3) is 3.43. The van der Waals surface area contributed by atoms with Crippen molar-refractivity contribution in [3.05, 3.63) is 104 Å². The Morgan fingerprint density at radius 1 is 1.28 bits per heavy atom. The summed E-state index contributed by atoms with van der Waals surface area (Å²) in [6.45, 7) is 2.16. The van der Waals surface area contributed by atoms with Crippen molar-refractivity contribution in [3.63, 3.8) is 0 Å². The standard InChI is InChI=1S/C22H17BrN4O2/c1-13-9-18-20(22(28)27(13)12-16-7-2-3-8-26-16)19(17(11-24)21(25)29-18)14-5-4-6-15(23)10-14/h2-10,19H,12,25H2,1H3. The smallest absolute Gasteiger partial charge is 0.259 e. The number of nitriles is 1. The van der Waals surface area contributed by atoms with Gasteiger partial charge in [0.05, 0.1) is 23.7 Å². The number of benzene rings is 1. The summed E-state index contributed by atoms with van der Waals surface area (Å²) in [5, 5.41) is 9.74. The summed E-state index contributed by atoms with van der Waals surface area (Å²) in [5.41, 5.74) is 8.71. The lowest BCUT2D eigenvalue weighted by molar-refractivity contribution is 0.389. The molecule has 1 atom stereocenters. The van der Waals surface area contributed by atoms with Crippen LogP contribution in [-0.4, -0.2) is 9.55 Å². The molecule has 1 unspecified atom stereocenters. The van der Waals surface area contributed by atoms with Crippen molar-refractivity contribution in [2.45, 2.75) is 19.4 Å². The van der Waals surface area contributed by atoms with Gasteiger partial charge in [-0.1, -0.05) is 34.1 Å². The number of fused-ring (bicyclic) bond motifs is 1. The van der Waals surface area contributed by atoms with E-state index in [-0.39, 0.29) is 17.0 Å². The quantitative estimate of drug-likeness (QED) is 0.660. The van der Waals surface area contributed by atoms with Gasteiger partial charge in [0.15, 0.2) is 0 Å². The van der Waals surface area contributed by atoms with Crippen LogP contribution in [-0.2, 0) is 6.54 Å². The topological polar surface area (TPSA) is 93.9 Å². The number of hydrogen-bond acceptors (Lipinski definition) is 5. The second-order valence-corrected chi connectivity index (χ2v) is 7.67. The predicted octanol–water partition coefficient (Wildman–Crippen LogP) is 3.58. The van der Waals surface area contributed by atoms with E-state index in [1.807, 2.05) is 49.4 Å². The van der Waals surface area contributed by atoms with E-state index in [2.05, 4.69) is 27.0 Å². The molecule has 3 aromatic rings. The number of rotatable bonds is 3. The summed E-state index contributed by atoms with van der Waals surface area (Å²) in [6, 6.07) is 17.0. The summed E-state index contributed by atoms with van der Waals surface area (Å²) in [6.07, 6.45) is 1.69. The number of nitrogens with two attached hydrogens (primary N) is 1. The third-order valence-corrected chi connectivity index (χ3v) is 5.41. The monoisotopic (exact) mass is 448 g/mol. The largest absolute Gasteiger partial charge is 0.440 e. The van der Waals surface area contributed by atoms with Crippen LogP contribution < -0.4 is 16.0 Å². The molecule has 3 heterocycles. The Kier molecular flexibility index (Phi) is 4.95. The van der Waals surface area contributed by atoms with Gasteiger partial charge >= 0.3 is 0 Å². The lowest BCUT2D eigenvalue weighted by Gasteiger charge is -2.27. The normalized spacial score (nSPS) is 15.4. The van der Waals surface area contributed by atoms with E-state index in [4.69, 9.17) is 10.5 Å². The van der Waals surface area contributed by atoms with E-state index in [1.54, 1.807) is 16.8 Å². The summed E-state index contributed by atoms with van der Waals surface area (Å²) >= 11 is 3.46. The van der Waals surface area contributed by atoms with Crippen molar-refractivity contribution < 1.29 is 4.74 Å². The maximum absolute atomic E-state index is 13.5. The number of hydrogen-bond donors (Lipinski definition) is 1. The molecule has 2 aromatic heterocycles. The van der Waals surface area contributed by atoms with Crippen LogP contribution in [0, 0.1) is 18.3 Å². The fourth-order valence-electron chi connectivity index (χ4n) is 3.56. The fraction of sp³-hybridized carbons (Fsp3) is 0.136. The van der Waals surface area contributed by atoms with E-state index in [0.717, 1.165) is 21.4 Å². The van der Waals surface area contributed by atoms with Crippen LogP contribution in [0.5, 0.6) is 5.75 Å². The van der Waals surface area contributed by atoms with E-state index >= 15 is 0 Å². The van der Waals surface area contributed by atoms with Crippen molar-refractivity contribution in [2.24, 2.45) is 5.73 Å². The molecule has 1 aromatic carbocycles. The molecule has 0 spiro atoms. The molecule has 0 bridgehead atoms. The van der Waals surface area contributed by atoms with Crippen LogP contribution in [0.3, 0.4) is 0 Å². The van der Waals surface area contributed by atoms with Crippen molar-refractivity contribution in [1.29, 1.82) is 5.26 Å². The maximum atomic E-state index is 13.5. The Bertz CT molecular complexity index is 1230. The van der Waals surface area contributed by atoms with Crippen molar-refractivity contribution in [1.82, 2.24) is 9.55 Å². The molecule has 0 aliphatic carbocycles. The molecule has 0 amide bonds. The summed E-state index contributed by atoms with van der Waals surface area (Å²) < 4.78 is 8.17. The number of allylic oxidation sites excluding steroid dienone is 1. The Labute approximate surface area is 176 Å². The first-order valence-electron chi connectivity index (χ1n) is 8.97. The average Bonchev–Trinajstić information content (AvgIpc) is 2.71. The van der Waals surface area contributed by atoms with Crippen molar-refractivity contribution in [2.75, 3.05) is 0 Å². The molecule has 7 heteroatoms. The first-order chi connectivity index (χ1) is 14.0. The van der Waals surface area contributed by atoms with Crippen LogP contribution >= 0.6 is 15.9 Å². The van der Waals surface area contributed by atoms with Crippen molar-refractivity contribution >= 4 is 15.9 Å². The molecule has 6 nitrogen and oxygen atoms in total. The molecule has 144 valence electrons. The van der Waals surface area contributed by atoms with E-state index in [1.165, 1.54) is 0 Å². The molecule has 0 saturated carbocycles. The summed E-state index contributed by atoms with van der Waals surface area (Å²) in [5.74, 6) is -0.207. The van der Waals surface area contributed by atoms with Gasteiger partial charge in [0, 0.05) is 22.4 Å². The van der Waals surface area contributed by atoms with E-state index in [0.29, 0.717) is 17.9 Å². The zero-order valence-electron chi connectivity index (χ0n) is 15.6. The Hall–Kier alpha value is -3.37. The van der Waals surface area contributed by atoms with Crippen LogP contribution in [0.15, 0.2) is 75.5 Å². The number of ether oxygens (including phenoxy) is 1. The third-order valence-electron chi connectivity index (χ3n) is 4.92. The molecule has 0 fully saturated rings. The Morgan fingerprint density at radius 2 is 2.10 bits per heavy atom. The molecular formula is C22H17BrN4O2. The Balaban J connectivity index is 1.94. The highest BCUT2D eigenvalue weighted by Gasteiger charge is 2.34.